The molecule has 0 aliphatic heterocycles. The molecule has 1 aliphatic rings. The molecule has 0 saturated heterocycles. The van der Waals surface area contributed by atoms with Gasteiger partial charge in [-0.15, -0.1) is 0 Å². The van der Waals surface area contributed by atoms with E-state index in [1.54, 1.807) is 12.1 Å². The molecule has 2 rings (SSSR count). The highest BCUT2D eigenvalue weighted by molar-refractivity contribution is 5.29. The summed E-state index contributed by atoms with van der Waals surface area (Å²) >= 11 is 0. The number of benzene rings is 1. The fourth-order valence-corrected chi connectivity index (χ4v) is 2.43. The standard InChI is InChI=1S/C15H21F2N/c1-10(2)14(9-18)11-3-5-12(6-4-11)15(16,17)13-7-8-13/h3-6,10,13-14H,7-9,18H2,1-2H3. The Morgan fingerprint density at radius 3 is 2.17 bits per heavy atom. The van der Waals surface area contributed by atoms with Crippen LogP contribution in [0.4, 0.5) is 8.78 Å². The van der Waals surface area contributed by atoms with E-state index in [0.717, 1.165) is 5.56 Å². The van der Waals surface area contributed by atoms with Gasteiger partial charge in [0.15, 0.2) is 0 Å². The molecule has 1 atom stereocenters. The molecule has 100 valence electrons. The molecule has 0 radical (unpaired) electrons. The highest BCUT2D eigenvalue weighted by Gasteiger charge is 2.47. The van der Waals surface area contributed by atoms with Gasteiger partial charge in [0.2, 0.25) is 0 Å². The minimum Gasteiger partial charge on any atom is -0.330 e. The lowest BCUT2D eigenvalue weighted by atomic mass is 9.87. The van der Waals surface area contributed by atoms with Gasteiger partial charge in [-0.1, -0.05) is 38.1 Å². The first kappa shape index (κ1) is 13.5. The Bertz CT molecular complexity index is 393. The van der Waals surface area contributed by atoms with Crippen molar-refractivity contribution >= 4 is 0 Å². The van der Waals surface area contributed by atoms with Gasteiger partial charge in [0.25, 0.3) is 5.92 Å². The van der Waals surface area contributed by atoms with Crippen LogP contribution in [0.2, 0.25) is 0 Å². The molecule has 0 aromatic heterocycles. The van der Waals surface area contributed by atoms with Gasteiger partial charge < -0.3 is 5.73 Å². The lowest BCUT2D eigenvalue weighted by molar-refractivity contribution is -0.0285. The smallest absolute Gasteiger partial charge is 0.276 e. The predicted octanol–water partition coefficient (Wildman–Crippen LogP) is 3.89. The summed E-state index contributed by atoms with van der Waals surface area (Å²) < 4.78 is 27.8. The molecule has 0 bridgehead atoms. The third-order valence-corrected chi connectivity index (χ3v) is 3.87. The van der Waals surface area contributed by atoms with E-state index in [1.807, 2.05) is 12.1 Å². The summed E-state index contributed by atoms with van der Waals surface area (Å²) in [6, 6.07) is 6.75. The van der Waals surface area contributed by atoms with Crippen LogP contribution >= 0.6 is 0 Å². The van der Waals surface area contributed by atoms with Gasteiger partial charge in [0.1, 0.15) is 0 Å². The molecule has 1 fully saturated rings. The van der Waals surface area contributed by atoms with Crippen molar-refractivity contribution in [2.75, 3.05) is 6.54 Å². The van der Waals surface area contributed by atoms with E-state index in [1.165, 1.54) is 0 Å². The Morgan fingerprint density at radius 2 is 1.78 bits per heavy atom. The fourth-order valence-electron chi connectivity index (χ4n) is 2.43. The summed E-state index contributed by atoms with van der Waals surface area (Å²) in [5, 5.41) is 0. The molecule has 1 aromatic carbocycles. The molecule has 0 amide bonds. The number of hydrogen-bond donors (Lipinski definition) is 1. The van der Waals surface area contributed by atoms with Crippen molar-refractivity contribution in [1.29, 1.82) is 0 Å². The van der Waals surface area contributed by atoms with Crippen molar-refractivity contribution < 1.29 is 8.78 Å². The topological polar surface area (TPSA) is 26.0 Å². The summed E-state index contributed by atoms with van der Waals surface area (Å²) in [7, 11) is 0. The van der Waals surface area contributed by atoms with Crippen LogP contribution in [-0.2, 0) is 5.92 Å². The third kappa shape index (κ3) is 2.56. The van der Waals surface area contributed by atoms with Gasteiger partial charge in [-0.2, -0.15) is 0 Å². The Labute approximate surface area is 107 Å². The van der Waals surface area contributed by atoms with Gasteiger partial charge >= 0.3 is 0 Å². The van der Waals surface area contributed by atoms with Crippen LogP contribution < -0.4 is 5.73 Å². The van der Waals surface area contributed by atoms with Crippen LogP contribution in [0.15, 0.2) is 24.3 Å². The van der Waals surface area contributed by atoms with E-state index < -0.39 is 11.8 Å². The molecule has 1 aromatic rings. The average molecular weight is 253 g/mol. The number of hydrogen-bond acceptors (Lipinski definition) is 1. The largest absolute Gasteiger partial charge is 0.330 e. The zero-order valence-electron chi connectivity index (χ0n) is 11.0. The lowest BCUT2D eigenvalue weighted by Gasteiger charge is -2.21. The third-order valence-electron chi connectivity index (χ3n) is 3.87. The fraction of sp³-hybridized carbons (Fsp3) is 0.600. The van der Waals surface area contributed by atoms with Crippen LogP contribution in [0, 0.1) is 11.8 Å². The second-order valence-corrected chi connectivity index (χ2v) is 5.61. The van der Waals surface area contributed by atoms with Crippen molar-refractivity contribution in [3.63, 3.8) is 0 Å². The van der Waals surface area contributed by atoms with Crippen LogP contribution in [0.25, 0.3) is 0 Å². The maximum atomic E-state index is 13.9. The van der Waals surface area contributed by atoms with E-state index in [2.05, 4.69) is 13.8 Å². The van der Waals surface area contributed by atoms with Crippen molar-refractivity contribution in [1.82, 2.24) is 0 Å². The molecule has 1 aliphatic carbocycles. The second kappa shape index (κ2) is 4.96. The molecule has 0 heterocycles. The van der Waals surface area contributed by atoms with Gasteiger partial charge in [0.05, 0.1) is 0 Å². The second-order valence-electron chi connectivity index (χ2n) is 5.61. The Kier molecular flexibility index (Phi) is 3.71. The van der Waals surface area contributed by atoms with Gasteiger partial charge in [0, 0.05) is 11.5 Å². The van der Waals surface area contributed by atoms with E-state index in [-0.39, 0.29) is 11.5 Å². The maximum Gasteiger partial charge on any atom is 0.276 e. The minimum atomic E-state index is -2.66. The SMILES string of the molecule is CC(C)C(CN)c1ccc(C(F)(F)C2CC2)cc1. The number of alkyl halides is 2. The quantitative estimate of drug-likeness (QED) is 0.846. The molecular formula is C15H21F2N. The molecule has 0 spiro atoms. The first-order valence-corrected chi connectivity index (χ1v) is 6.65. The molecule has 1 unspecified atom stereocenters. The Balaban J connectivity index is 2.19. The molecule has 3 heteroatoms. The van der Waals surface area contributed by atoms with Gasteiger partial charge in [-0.3, -0.25) is 0 Å². The average Bonchev–Trinajstić information content (AvgIpc) is 3.14. The van der Waals surface area contributed by atoms with Crippen molar-refractivity contribution in [2.24, 2.45) is 17.6 Å². The van der Waals surface area contributed by atoms with Gasteiger partial charge in [-0.05, 0) is 36.8 Å². The highest BCUT2D eigenvalue weighted by atomic mass is 19.3. The number of rotatable bonds is 5. The van der Waals surface area contributed by atoms with E-state index in [0.29, 0.717) is 25.3 Å². The Hall–Kier alpha value is -0.960. The van der Waals surface area contributed by atoms with Crippen LogP contribution in [0.3, 0.4) is 0 Å². The number of nitrogens with two attached hydrogens (primary N) is 1. The zero-order valence-corrected chi connectivity index (χ0v) is 11.0. The maximum absolute atomic E-state index is 13.9. The molecule has 1 nitrogen and oxygen atoms in total. The Morgan fingerprint density at radius 1 is 1.22 bits per heavy atom. The van der Waals surface area contributed by atoms with E-state index in [4.69, 9.17) is 5.73 Å². The van der Waals surface area contributed by atoms with Crippen molar-refractivity contribution in [2.45, 2.75) is 38.5 Å². The first-order chi connectivity index (χ1) is 8.46. The minimum absolute atomic E-state index is 0.147. The number of halogens is 2. The molecule has 1 saturated carbocycles. The van der Waals surface area contributed by atoms with Crippen LogP contribution in [0.5, 0.6) is 0 Å². The highest BCUT2D eigenvalue weighted by Crippen LogP contribution is 2.49. The summed E-state index contributed by atoms with van der Waals surface area (Å²) in [6.45, 7) is 4.75. The van der Waals surface area contributed by atoms with Crippen molar-refractivity contribution in [3.8, 4) is 0 Å². The predicted molar refractivity (Wildman–Crippen MR) is 69.7 cm³/mol. The van der Waals surface area contributed by atoms with Gasteiger partial charge in [-0.25, -0.2) is 8.78 Å². The summed E-state index contributed by atoms with van der Waals surface area (Å²) in [4.78, 5) is 0. The normalized spacial score (nSPS) is 18.1. The first-order valence-electron chi connectivity index (χ1n) is 6.65. The van der Waals surface area contributed by atoms with E-state index in [9.17, 15) is 8.78 Å². The molecule has 2 N–H and O–H groups in total. The summed E-state index contributed by atoms with van der Waals surface area (Å²) in [5.74, 6) is -2.44. The zero-order chi connectivity index (χ0) is 13.3. The monoisotopic (exact) mass is 253 g/mol. The molecular weight excluding hydrogens is 232 g/mol. The summed E-state index contributed by atoms with van der Waals surface area (Å²) in [5.41, 5.74) is 6.94. The van der Waals surface area contributed by atoms with Crippen LogP contribution in [0.1, 0.15) is 43.7 Å². The van der Waals surface area contributed by atoms with E-state index >= 15 is 0 Å². The van der Waals surface area contributed by atoms with Crippen molar-refractivity contribution in [3.05, 3.63) is 35.4 Å². The lowest BCUT2D eigenvalue weighted by Crippen LogP contribution is -2.19. The molecule has 18 heavy (non-hydrogen) atoms. The summed E-state index contributed by atoms with van der Waals surface area (Å²) in [6.07, 6.45) is 1.29. The van der Waals surface area contributed by atoms with Crippen LogP contribution in [-0.4, -0.2) is 6.54 Å².